The van der Waals surface area contributed by atoms with Gasteiger partial charge in [0.15, 0.2) is 16.6 Å². The van der Waals surface area contributed by atoms with Crippen LogP contribution < -0.4 is 20.1 Å². The summed E-state index contributed by atoms with van der Waals surface area (Å²) in [5.41, 5.74) is 1.76. The number of anilines is 1. The smallest absolute Gasteiger partial charge is 0.263 e. The van der Waals surface area contributed by atoms with Crippen LogP contribution in [0.3, 0.4) is 0 Å². The second kappa shape index (κ2) is 7.23. The molecular formula is C17H16N4O3S. The number of aromatic nitrogens is 1. The SMILES string of the molecule is Cc1nc(N/C=C(/C#N)C(=O)NCc2ccc3c(c2)OCO3)sc1C. The van der Waals surface area contributed by atoms with Gasteiger partial charge in [-0.15, -0.1) is 11.3 Å². The minimum Gasteiger partial charge on any atom is -0.454 e. The lowest BCUT2D eigenvalue weighted by Crippen LogP contribution is -2.24. The zero-order chi connectivity index (χ0) is 17.8. The van der Waals surface area contributed by atoms with Crippen LogP contribution in [0, 0.1) is 25.2 Å². The van der Waals surface area contributed by atoms with Crippen molar-refractivity contribution in [3.8, 4) is 17.6 Å². The second-order valence-corrected chi connectivity index (χ2v) is 6.55. The van der Waals surface area contributed by atoms with Crippen LogP contribution >= 0.6 is 11.3 Å². The van der Waals surface area contributed by atoms with Gasteiger partial charge in [-0.1, -0.05) is 6.07 Å². The number of thiazole rings is 1. The molecule has 0 spiro atoms. The molecular weight excluding hydrogens is 340 g/mol. The van der Waals surface area contributed by atoms with Crippen molar-refractivity contribution in [3.05, 3.63) is 46.1 Å². The van der Waals surface area contributed by atoms with E-state index in [1.807, 2.05) is 26.0 Å². The number of carbonyl (C=O) groups is 1. The minimum absolute atomic E-state index is 0.0220. The highest BCUT2D eigenvalue weighted by molar-refractivity contribution is 7.15. The number of hydrogen-bond donors (Lipinski definition) is 2. The van der Waals surface area contributed by atoms with Crippen molar-refractivity contribution in [1.29, 1.82) is 5.26 Å². The van der Waals surface area contributed by atoms with Crippen LogP contribution in [0.25, 0.3) is 0 Å². The van der Waals surface area contributed by atoms with Gasteiger partial charge in [-0.25, -0.2) is 4.98 Å². The van der Waals surface area contributed by atoms with E-state index in [1.54, 1.807) is 12.1 Å². The van der Waals surface area contributed by atoms with Gasteiger partial charge in [0.2, 0.25) is 6.79 Å². The number of carbonyl (C=O) groups excluding carboxylic acids is 1. The van der Waals surface area contributed by atoms with Crippen LogP contribution in [0.2, 0.25) is 0 Å². The van der Waals surface area contributed by atoms with E-state index in [-0.39, 0.29) is 18.9 Å². The van der Waals surface area contributed by atoms with Gasteiger partial charge in [0, 0.05) is 17.6 Å². The zero-order valence-electron chi connectivity index (χ0n) is 13.8. The van der Waals surface area contributed by atoms with E-state index >= 15 is 0 Å². The molecule has 0 bridgehead atoms. The highest BCUT2D eigenvalue weighted by Gasteiger charge is 2.14. The van der Waals surface area contributed by atoms with E-state index < -0.39 is 5.91 Å². The molecule has 2 N–H and O–H groups in total. The number of nitriles is 1. The van der Waals surface area contributed by atoms with Gasteiger partial charge in [-0.05, 0) is 31.5 Å². The largest absolute Gasteiger partial charge is 0.454 e. The first kappa shape index (κ1) is 16.8. The molecule has 0 aliphatic carbocycles. The maximum atomic E-state index is 12.2. The molecule has 0 atom stereocenters. The molecule has 0 radical (unpaired) electrons. The van der Waals surface area contributed by atoms with Crippen LogP contribution in [0.1, 0.15) is 16.1 Å². The number of amides is 1. The molecule has 2 aromatic rings. The Morgan fingerprint density at radius 1 is 1.40 bits per heavy atom. The summed E-state index contributed by atoms with van der Waals surface area (Å²) < 4.78 is 10.5. The summed E-state index contributed by atoms with van der Waals surface area (Å²) in [6.07, 6.45) is 1.37. The van der Waals surface area contributed by atoms with Gasteiger partial charge in [0.25, 0.3) is 5.91 Å². The molecule has 0 saturated carbocycles. The van der Waals surface area contributed by atoms with E-state index in [1.165, 1.54) is 17.5 Å². The predicted molar refractivity (Wildman–Crippen MR) is 93.3 cm³/mol. The van der Waals surface area contributed by atoms with Crippen LogP contribution in [0.4, 0.5) is 5.13 Å². The Hall–Kier alpha value is -3.05. The number of aryl methyl sites for hydroxylation is 2. The maximum absolute atomic E-state index is 12.2. The van der Waals surface area contributed by atoms with Crippen molar-refractivity contribution in [2.45, 2.75) is 20.4 Å². The molecule has 2 heterocycles. The third kappa shape index (κ3) is 3.89. The van der Waals surface area contributed by atoms with E-state index in [0.717, 1.165) is 16.1 Å². The van der Waals surface area contributed by atoms with Gasteiger partial charge in [-0.3, -0.25) is 4.79 Å². The number of benzene rings is 1. The van der Waals surface area contributed by atoms with Crippen molar-refractivity contribution in [3.63, 3.8) is 0 Å². The fraction of sp³-hybridized carbons (Fsp3) is 0.235. The van der Waals surface area contributed by atoms with Crippen molar-refractivity contribution in [2.24, 2.45) is 0 Å². The lowest BCUT2D eigenvalue weighted by atomic mass is 10.2. The third-order valence-corrected chi connectivity index (χ3v) is 4.63. The summed E-state index contributed by atoms with van der Waals surface area (Å²) >= 11 is 1.47. The van der Waals surface area contributed by atoms with E-state index in [4.69, 9.17) is 9.47 Å². The lowest BCUT2D eigenvalue weighted by Gasteiger charge is -2.05. The second-order valence-electron chi connectivity index (χ2n) is 5.35. The molecule has 7 nitrogen and oxygen atoms in total. The average molecular weight is 356 g/mol. The third-order valence-electron chi connectivity index (χ3n) is 3.62. The van der Waals surface area contributed by atoms with E-state index in [9.17, 15) is 10.1 Å². The minimum atomic E-state index is -0.460. The molecule has 128 valence electrons. The number of ether oxygens (including phenoxy) is 2. The monoisotopic (exact) mass is 356 g/mol. The lowest BCUT2D eigenvalue weighted by molar-refractivity contribution is -0.117. The summed E-state index contributed by atoms with van der Waals surface area (Å²) in [5.74, 6) is 0.877. The first-order valence-corrected chi connectivity index (χ1v) is 8.36. The van der Waals surface area contributed by atoms with Gasteiger partial charge in [0.05, 0.1) is 5.69 Å². The molecule has 0 saturated heterocycles. The number of nitrogens with one attached hydrogen (secondary N) is 2. The Morgan fingerprint density at radius 3 is 2.92 bits per heavy atom. The molecule has 1 aliphatic heterocycles. The zero-order valence-corrected chi connectivity index (χ0v) is 14.6. The Morgan fingerprint density at radius 2 is 2.20 bits per heavy atom. The summed E-state index contributed by atoms with van der Waals surface area (Å²) in [6, 6.07) is 7.32. The topological polar surface area (TPSA) is 96.3 Å². The first-order chi connectivity index (χ1) is 12.1. The van der Waals surface area contributed by atoms with Gasteiger partial charge >= 0.3 is 0 Å². The highest BCUT2D eigenvalue weighted by Crippen LogP contribution is 2.32. The van der Waals surface area contributed by atoms with Crippen molar-refractivity contribution in [1.82, 2.24) is 10.3 Å². The Bertz CT molecular complexity index is 863. The standard InChI is InChI=1S/C17H16N4O3S/c1-10-11(2)25-17(21-10)20-8-13(6-18)16(22)19-7-12-3-4-14-15(5-12)24-9-23-14/h3-5,8H,7,9H2,1-2H3,(H,19,22)(H,20,21)/b13-8-. The fourth-order valence-electron chi connectivity index (χ4n) is 2.15. The number of hydrogen-bond acceptors (Lipinski definition) is 7. The van der Waals surface area contributed by atoms with E-state index in [0.29, 0.717) is 16.6 Å². The summed E-state index contributed by atoms with van der Waals surface area (Å²) in [7, 11) is 0. The molecule has 0 fully saturated rings. The summed E-state index contributed by atoms with van der Waals surface area (Å²) in [5, 5.41) is 15.4. The molecule has 1 aromatic heterocycles. The quantitative estimate of drug-likeness (QED) is 0.631. The molecule has 25 heavy (non-hydrogen) atoms. The molecule has 3 rings (SSSR count). The van der Waals surface area contributed by atoms with Crippen molar-refractivity contribution in [2.75, 3.05) is 12.1 Å². The van der Waals surface area contributed by atoms with Gasteiger partial charge in [0.1, 0.15) is 11.6 Å². The fourth-order valence-corrected chi connectivity index (χ4v) is 2.93. The Labute approximate surface area is 148 Å². The van der Waals surface area contributed by atoms with Gasteiger partial charge in [-0.2, -0.15) is 5.26 Å². The van der Waals surface area contributed by atoms with Crippen molar-refractivity contribution >= 4 is 22.4 Å². The summed E-state index contributed by atoms with van der Waals surface area (Å²) in [4.78, 5) is 17.5. The molecule has 8 heteroatoms. The number of fused-ring (bicyclic) bond motifs is 1. The van der Waals surface area contributed by atoms with Crippen LogP contribution in [0.15, 0.2) is 30.0 Å². The highest BCUT2D eigenvalue weighted by atomic mass is 32.1. The first-order valence-electron chi connectivity index (χ1n) is 7.54. The van der Waals surface area contributed by atoms with Gasteiger partial charge < -0.3 is 20.1 Å². The van der Waals surface area contributed by atoms with Crippen LogP contribution in [-0.4, -0.2) is 17.7 Å². The molecule has 1 amide bonds. The Kier molecular flexibility index (Phi) is 4.86. The predicted octanol–water partition coefficient (Wildman–Crippen LogP) is 2.62. The number of nitrogens with zero attached hydrogens (tertiary/aromatic N) is 2. The van der Waals surface area contributed by atoms with Crippen LogP contribution in [-0.2, 0) is 11.3 Å². The van der Waals surface area contributed by atoms with Crippen LogP contribution in [0.5, 0.6) is 11.5 Å². The molecule has 1 aliphatic rings. The Balaban J connectivity index is 1.60. The maximum Gasteiger partial charge on any atom is 0.263 e. The number of rotatable bonds is 5. The van der Waals surface area contributed by atoms with E-state index in [2.05, 4.69) is 15.6 Å². The molecule has 0 unspecified atom stereocenters. The molecule has 1 aromatic carbocycles. The average Bonchev–Trinajstić information content (AvgIpc) is 3.19. The van der Waals surface area contributed by atoms with Crippen molar-refractivity contribution < 1.29 is 14.3 Å². The normalized spacial score (nSPS) is 12.6. The summed E-state index contributed by atoms with van der Waals surface area (Å²) in [6.45, 7) is 4.35.